The van der Waals surface area contributed by atoms with Crippen molar-refractivity contribution in [2.45, 2.75) is 37.4 Å². The van der Waals surface area contributed by atoms with E-state index in [9.17, 15) is 4.79 Å². The summed E-state index contributed by atoms with van der Waals surface area (Å²) in [5.74, 6) is 0.747. The van der Waals surface area contributed by atoms with E-state index in [1.807, 2.05) is 36.4 Å². The number of nitrogens with zero attached hydrogens (tertiary/aromatic N) is 1. The smallest absolute Gasteiger partial charge is 0.210 e. The van der Waals surface area contributed by atoms with Gasteiger partial charge in [0.1, 0.15) is 5.75 Å². The van der Waals surface area contributed by atoms with Crippen LogP contribution in [-0.2, 0) is 4.74 Å². The number of benzene rings is 2. The van der Waals surface area contributed by atoms with Crippen molar-refractivity contribution in [3.8, 4) is 22.9 Å². The molecule has 0 atom stereocenters. The minimum Gasteiger partial charge on any atom is -0.478 e. The Balaban J connectivity index is 1.66. The largest absolute Gasteiger partial charge is 0.478 e. The highest BCUT2D eigenvalue weighted by molar-refractivity contribution is 6.08. The van der Waals surface area contributed by atoms with Crippen molar-refractivity contribution in [1.29, 1.82) is 5.26 Å². The fourth-order valence-electron chi connectivity index (χ4n) is 3.87. The van der Waals surface area contributed by atoms with Gasteiger partial charge in [-0.2, -0.15) is 5.26 Å². The van der Waals surface area contributed by atoms with Crippen LogP contribution in [0.1, 0.15) is 41.6 Å². The van der Waals surface area contributed by atoms with E-state index in [1.54, 1.807) is 13.2 Å². The van der Waals surface area contributed by atoms with Crippen LogP contribution in [-0.4, -0.2) is 24.6 Å². The number of methoxy groups -OCH3 is 1. The first-order valence-electron chi connectivity index (χ1n) is 8.56. The highest BCUT2D eigenvalue weighted by atomic mass is 16.5. The number of carbonyl (C=O) groups excluding carboxylic acids is 1. The van der Waals surface area contributed by atoms with Crippen molar-refractivity contribution in [2.75, 3.05) is 7.11 Å². The van der Waals surface area contributed by atoms with Crippen LogP contribution in [0.3, 0.4) is 0 Å². The van der Waals surface area contributed by atoms with Gasteiger partial charge >= 0.3 is 0 Å². The van der Waals surface area contributed by atoms with Gasteiger partial charge in [-0.15, -0.1) is 0 Å². The molecule has 2 aromatic rings. The second-order valence-corrected chi connectivity index (χ2v) is 6.76. The molecule has 0 saturated heterocycles. The summed E-state index contributed by atoms with van der Waals surface area (Å²) < 4.78 is 11.5. The number of ketones is 1. The Hall–Kier alpha value is -2.64. The lowest BCUT2D eigenvalue weighted by molar-refractivity contribution is -0.00600. The molecule has 2 aromatic carbocycles. The van der Waals surface area contributed by atoms with Crippen LogP contribution < -0.4 is 4.74 Å². The fourth-order valence-corrected chi connectivity index (χ4v) is 3.87. The zero-order chi connectivity index (χ0) is 17.4. The van der Waals surface area contributed by atoms with Crippen molar-refractivity contribution < 1.29 is 14.3 Å². The summed E-state index contributed by atoms with van der Waals surface area (Å²) in [6, 6.07) is 15.3. The first-order valence-corrected chi connectivity index (χ1v) is 8.56. The number of ether oxygens (including phenoxy) is 2. The summed E-state index contributed by atoms with van der Waals surface area (Å²) in [5, 5.41) is 9.08. The molecule has 2 aliphatic rings. The molecule has 0 unspecified atom stereocenters. The average molecular weight is 333 g/mol. The van der Waals surface area contributed by atoms with Crippen molar-refractivity contribution in [2.24, 2.45) is 0 Å². The molecule has 4 heteroatoms. The number of hydrogen-bond acceptors (Lipinski definition) is 4. The van der Waals surface area contributed by atoms with Crippen LogP contribution in [0.15, 0.2) is 42.5 Å². The van der Waals surface area contributed by atoms with E-state index >= 15 is 0 Å². The standard InChI is InChI=1S/C21H19NO3/c1-24-17-7-9-21(10-8-17)20(23)18-12-16(5-6-19(18)25-21)15-4-2-3-14(11-15)13-22/h2-6,11-12,17H,7-10H2,1H3. The summed E-state index contributed by atoms with van der Waals surface area (Å²) in [5.41, 5.74) is 2.39. The summed E-state index contributed by atoms with van der Waals surface area (Å²) >= 11 is 0. The Labute approximate surface area is 147 Å². The van der Waals surface area contributed by atoms with Gasteiger partial charge in [-0.25, -0.2) is 0 Å². The van der Waals surface area contributed by atoms with Crippen LogP contribution in [0.25, 0.3) is 11.1 Å². The van der Waals surface area contributed by atoms with E-state index in [0.717, 1.165) is 24.0 Å². The fraction of sp³-hybridized carbons (Fsp3) is 0.333. The third-order valence-electron chi connectivity index (χ3n) is 5.34. The molecule has 1 saturated carbocycles. The molecule has 0 aromatic heterocycles. The van der Waals surface area contributed by atoms with Gasteiger partial charge in [-0.05, 0) is 61.1 Å². The van der Waals surface area contributed by atoms with Gasteiger partial charge in [0.15, 0.2) is 5.60 Å². The van der Waals surface area contributed by atoms with Crippen LogP contribution in [0, 0.1) is 11.3 Å². The van der Waals surface area contributed by atoms with Crippen molar-refractivity contribution in [3.63, 3.8) is 0 Å². The first kappa shape index (κ1) is 15.9. The number of Topliss-reactive ketones (excluding diaryl/α,β-unsaturated/α-hetero) is 1. The van der Waals surface area contributed by atoms with E-state index in [4.69, 9.17) is 14.7 Å². The predicted octanol–water partition coefficient (Wildman–Crippen LogP) is 4.13. The van der Waals surface area contributed by atoms with Crippen molar-refractivity contribution in [3.05, 3.63) is 53.6 Å². The zero-order valence-electron chi connectivity index (χ0n) is 14.1. The Morgan fingerprint density at radius 2 is 1.92 bits per heavy atom. The molecule has 4 rings (SSSR count). The molecule has 0 amide bonds. The molecule has 1 spiro atoms. The van der Waals surface area contributed by atoms with Gasteiger partial charge in [0.2, 0.25) is 5.78 Å². The topological polar surface area (TPSA) is 59.3 Å². The molecule has 4 nitrogen and oxygen atoms in total. The Morgan fingerprint density at radius 3 is 2.64 bits per heavy atom. The zero-order valence-corrected chi connectivity index (χ0v) is 14.1. The Kier molecular flexibility index (Phi) is 3.82. The molecule has 126 valence electrons. The minimum atomic E-state index is -0.718. The molecule has 1 aliphatic heterocycles. The minimum absolute atomic E-state index is 0.0790. The highest BCUT2D eigenvalue weighted by Crippen LogP contribution is 2.44. The number of rotatable bonds is 2. The quantitative estimate of drug-likeness (QED) is 0.829. The third-order valence-corrected chi connectivity index (χ3v) is 5.34. The number of hydrogen-bond donors (Lipinski definition) is 0. The van der Waals surface area contributed by atoms with Gasteiger partial charge in [0, 0.05) is 7.11 Å². The maximum absolute atomic E-state index is 13.1. The lowest BCUT2D eigenvalue weighted by atomic mass is 9.79. The van der Waals surface area contributed by atoms with Crippen LogP contribution in [0.4, 0.5) is 0 Å². The Bertz CT molecular complexity index is 873. The highest BCUT2D eigenvalue weighted by Gasteiger charge is 2.49. The summed E-state index contributed by atoms with van der Waals surface area (Å²) in [6.07, 6.45) is 3.28. The molecular formula is C21H19NO3. The van der Waals surface area contributed by atoms with E-state index in [0.29, 0.717) is 29.7 Å². The second kappa shape index (κ2) is 6.02. The molecule has 1 fully saturated rings. The van der Waals surface area contributed by atoms with Crippen molar-refractivity contribution in [1.82, 2.24) is 0 Å². The predicted molar refractivity (Wildman–Crippen MR) is 93.5 cm³/mol. The van der Waals surface area contributed by atoms with Gasteiger partial charge in [0.05, 0.1) is 23.3 Å². The lowest BCUT2D eigenvalue weighted by Crippen LogP contribution is -2.44. The molecule has 1 heterocycles. The Morgan fingerprint density at radius 1 is 1.16 bits per heavy atom. The van der Waals surface area contributed by atoms with E-state index in [2.05, 4.69) is 6.07 Å². The summed E-state index contributed by atoms with van der Waals surface area (Å²) in [7, 11) is 1.72. The lowest BCUT2D eigenvalue weighted by Gasteiger charge is -2.34. The van der Waals surface area contributed by atoms with Gasteiger partial charge in [-0.3, -0.25) is 4.79 Å². The summed E-state index contributed by atoms with van der Waals surface area (Å²) in [4.78, 5) is 13.1. The van der Waals surface area contributed by atoms with Crippen LogP contribution in [0.5, 0.6) is 5.75 Å². The molecule has 0 radical (unpaired) electrons. The molecule has 0 N–H and O–H groups in total. The normalized spacial score (nSPS) is 24.6. The number of carbonyl (C=O) groups is 1. The SMILES string of the molecule is COC1CCC2(CC1)Oc1ccc(-c3cccc(C#N)c3)cc1C2=O. The summed E-state index contributed by atoms with van der Waals surface area (Å²) in [6.45, 7) is 0. The third kappa shape index (κ3) is 2.61. The first-order chi connectivity index (χ1) is 12.1. The molecule has 25 heavy (non-hydrogen) atoms. The second-order valence-electron chi connectivity index (χ2n) is 6.76. The van der Waals surface area contributed by atoms with Crippen LogP contribution in [0.2, 0.25) is 0 Å². The maximum Gasteiger partial charge on any atom is 0.210 e. The van der Waals surface area contributed by atoms with E-state index in [1.165, 1.54) is 0 Å². The number of fused-ring (bicyclic) bond motifs is 1. The molecule has 1 aliphatic carbocycles. The van der Waals surface area contributed by atoms with E-state index in [-0.39, 0.29) is 11.9 Å². The number of nitriles is 1. The average Bonchev–Trinajstić information content (AvgIpc) is 2.94. The van der Waals surface area contributed by atoms with Gasteiger partial charge in [-0.1, -0.05) is 18.2 Å². The van der Waals surface area contributed by atoms with Crippen molar-refractivity contribution >= 4 is 5.78 Å². The van der Waals surface area contributed by atoms with Gasteiger partial charge < -0.3 is 9.47 Å². The van der Waals surface area contributed by atoms with E-state index < -0.39 is 5.60 Å². The molecular weight excluding hydrogens is 314 g/mol. The van der Waals surface area contributed by atoms with Gasteiger partial charge in [0.25, 0.3) is 0 Å². The monoisotopic (exact) mass is 333 g/mol. The maximum atomic E-state index is 13.1. The molecule has 0 bridgehead atoms. The van der Waals surface area contributed by atoms with Crippen LogP contribution >= 0.6 is 0 Å².